The number of carbonyl (C=O) groups excluding carboxylic acids is 1. The molecule has 6 nitrogen and oxygen atoms in total. The Morgan fingerprint density at radius 3 is 2.79 bits per heavy atom. The van der Waals surface area contributed by atoms with Crippen LogP contribution in [0.25, 0.3) is 0 Å². The zero-order valence-corrected chi connectivity index (χ0v) is 11.4. The molecule has 1 aliphatic rings. The quantitative estimate of drug-likeness (QED) is 0.884. The lowest BCUT2D eigenvalue weighted by molar-refractivity contribution is -0.0530. The SMILES string of the molecule is COc1ncccc1NC(=O)N1C[C@H](C)O[C@@H](C)C1. The van der Waals surface area contributed by atoms with Crippen LogP contribution in [0.3, 0.4) is 0 Å². The van der Waals surface area contributed by atoms with Gasteiger partial charge in [0.15, 0.2) is 0 Å². The lowest BCUT2D eigenvalue weighted by Crippen LogP contribution is -2.49. The number of ether oxygens (including phenoxy) is 2. The van der Waals surface area contributed by atoms with E-state index < -0.39 is 0 Å². The molecule has 19 heavy (non-hydrogen) atoms. The van der Waals surface area contributed by atoms with Gasteiger partial charge in [0.05, 0.1) is 19.3 Å². The lowest BCUT2D eigenvalue weighted by atomic mass is 10.2. The number of methoxy groups -OCH3 is 1. The molecule has 1 aliphatic heterocycles. The van der Waals surface area contributed by atoms with Crippen LogP contribution in [0, 0.1) is 0 Å². The van der Waals surface area contributed by atoms with E-state index in [9.17, 15) is 4.79 Å². The Hall–Kier alpha value is -1.82. The van der Waals surface area contributed by atoms with E-state index in [1.807, 2.05) is 13.8 Å². The fourth-order valence-electron chi connectivity index (χ4n) is 2.19. The first kappa shape index (κ1) is 13.6. The highest BCUT2D eigenvalue weighted by Gasteiger charge is 2.26. The fourth-order valence-corrected chi connectivity index (χ4v) is 2.19. The highest BCUT2D eigenvalue weighted by Crippen LogP contribution is 2.21. The number of nitrogens with one attached hydrogen (secondary N) is 1. The van der Waals surface area contributed by atoms with Crippen molar-refractivity contribution in [2.75, 3.05) is 25.5 Å². The summed E-state index contributed by atoms with van der Waals surface area (Å²) in [6.07, 6.45) is 1.71. The third-order valence-electron chi connectivity index (χ3n) is 2.91. The van der Waals surface area contributed by atoms with Crippen LogP contribution < -0.4 is 10.1 Å². The number of amides is 2. The van der Waals surface area contributed by atoms with Crippen LogP contribution in [-0.2, 0) is 4.74 Å². The standard InChI is InChI=1S/C13H19N3O3/c1-9-7-16(8-10(2)19-9)13(17)15-11-5-4-6-14-12(11)18-3/h4-6,9-10H,7-8H2,1-3H3,(H,15,17)/t9-,10-/m0/s1. The first-order valence-corrected chi connectivity index (χ1v) is 6.30. The number of hydrogen-bond donors (Lipinski definition) is 1. The molecule has 1 aromatic rings. The van der Waals surface area contributed by atoms with Crippen molar-refractivity contribution in [2.45, 2.75) is 26.1 Å². The fraction of sp³-hybridized carbons (Fsp3) is 0.538. The molecule has 0 radical (unpaired) electrons. The van der Waals surface area contributed by atoms with E-state index in [1.54, 1.807) is 23.2 Å². The van der Waals surface area contributed by atoms with Crippen molar-refractivity contribution in [3.63, 3.8) is 0 Å². The van der Waals surface area contributed by atoms with Gasteiger partial charge < -0.3 is 19.7 Å². The van der Waals surface area contributed by atoms with Gasteiger partial charge >= 0.3 is 6.03 Å². The van der Waals surface area contributed by atoms with E-state index >= 15 is 0 Å². The number of aromatic nitrogens is 1. The summed E-state index contributed by atoms with van der Waals surface area (Å²) in [7, 11) is 1.52. The second kappa shape index (κ2) is 5.88. The second-order valence-electron chi connectivity index (χ2n) is 4.65. The van der Waals surface area contributed by atoms with E-state index in [0.29, 0.717) is 24.7 Å². The summed E-state index contributed by atoms with van der Waals surface area (Å²) >= 11 is 0. The van der Waals surface area contributed by atoms with Gasteiger partial charge in [-0.2, -0.15) is 0 Å². The molecule has 6 heteroatoms. The molecule has 2 rings (SSSR count). The number of urea groups is 1. The molecule has 2 atom stereocenters. The first-order valence-electron chi connectivity index (χ1n) is 6.30. The number of pyridine rings is 1. The maximum Gasteiger partial charge on any atom is 0.322 e. The smallest absolute Gasteiger partial charge is 0.322 e. The van der Waals surface area contributed by atoms with E-state index in [4.69, 9.17) is 9.47 Å². The van der Waals surface area contributed by atoms with Gasteiger partial charge in [-0.25, -0.2) is 9.78 Å². The normalized spacial score (nSPS) is 23.0. The molecule has 1 fully saturated rings. The highest BCUT2D eigenvalue weighted by atomic mass is 16.5. The van der Waals surface area contributed by atoms with E-state index in [-0.39, 0.29) is 18.2 Å². The largest absolute Gasteiger partial charge is 0.480 e. The minimum atomic E-state index is -0.159. The summed E-state index contributed by atoms with van der Waals surface area (Å²) in [4.78, 5) is 18.0. The number of morpholine rings is 1. The molecule has 0 aromatic carbocycles. The molecule has 104 valence electrons. The van der Waals surface area contributed by atoms with Crippen molar-refractivity contribution in [3.8, 4) is 5.88 Å². The molecular weight excluding hydrogens is 246 g/mol. The predicted molar refractivity (Wildman–Crippen MR) is 71.4 cm³/mol. The van der Waals surface area contributed by atoms with Crippen molar-refractivity contribution in [1.29, 1.82) is 0 Å². The molecular formula is C13H19N3O3. The third-order valence-corrected chi connectivity index (χ3v) is 2.91. The van der Waals surface area contributed by atoms with E-state index in [0.717, 1.165) is 0 Å². The molecule has 0 saturated carbocycles. The topological polar surface area (TPSA) is 63.7 Å². The number of rotatable bonds is 2. The Labute approximate surface area is 112 Å². The zero-order chi connectivity index (χ0) is 13.8. The van der Waals surface area contributed by atoms with E-state index in [1.165, 1.54) is 7.11 Å². The molecule has 0 aliphatic carbocycles. The Kier molecular flexibility index (Phi) is 4.21. The molecule has 1 saturated heterocycles. The van der Waals surface area contributed by atoms with Crippen LogP contribution in [-0.4, -0.2) is 48.3 Å². The van der Waals surface area contributed by atoms with Gasteiger partial charge in [-0.1, -0.05) is 0 Å². The second-order valence-corrected chi connectivity index (χ2v) is 4.65. The van der Waals surface area contributed by atoms with Crippen LogP contribution >= 0.6 is 0 Å². The molecule has 0 unspecified atom stereocenters. The molecule has 0 bridgehead atoms. The van der Waals surface area contributed by atoms with Gasteiger partial charge in [-0.3, -0.25) is 0 Å². The summed E-state index contributed by atoms with van der Waals surface area (Å²) in [5, 5.41) is 2.82. The van der Waals surface area contributed by atoms with Crippen LogP contribution in [0.15, 0.2) is 18.3 Å². The summed E-state index contributed by atoms with van der Waals surface area (Å²) < 4.78 is 10.7. The monoisotopic (exact) mass is 265 g/mol. The van der Waals surface area contributed by atoms with Gasteiger partial charge in [0.2, 0.25) is 5.88 Å². The Balaban J connectivity index is 2.04. The third kappa shape index (κ3) is 3.35. The van der Waals surface area contributed by atoms with Crippen LogP contribution in [0.4, 0.5) is 10.5 Å². The molecule has 1 N–H and O–H groups in total. The van der Waals surface area contributed by atoms with Gasteiger partial charge in [0.25, 0.3) is 0 Å². The number of anilines is 1. The number of hydrogen-bond acceptors (Lipinski definition) is 4. The van der Waals surface area contributed by atoms with Crippen molar-refractivity contribution in [2.24, 2.45) is 0 Å². The van der Waals surface area contributed by atoms with E-state index in [2.05, 4.69) is 10.3 Å². The minimum Gasteiger partial charge on any atom is -0.480 e. The van der Waals surface area contributed by atoms with Crippen molar-refractivity contribution < 1.29 is 14.3 Å². The Bertz CT molecular complexity index is 443. The average molecular weight is 265 g/mol. The van der Waals surface area contributed by atoms with Crippen molar-refractivity contribution >= 4 is 11.7 Å². The van der Waals surface area contributed by atoms with Crippen LogP contribution in [0.2, 0.25) is 0 Å². The number of carbonyl (C=O) groups is 1. The molecule has 0 spiro atoms. The van der Waals surface area contributed by atoms with Crippen LogP contribution in [0.5, 0.6) is 5.88 Å². The first-order chi connectivity index (χ1) is 9.10. The Morgan fingerprint density at radius 2 is 2.16 bits per heavy atom. The van der Waals surface area contributed by atoms with Gasteiger partial charge in [0.1, 0.15) is 5.69 Å². The molecule has 1 aromatic heterocycles. The van der Waals surface area contributed by atoms with Gasteiger partial charge in [-0.05, 0) is 26.0 Å². The Morgan fingerprint density at radius 1 is 1.47 bits per heavy atom. The van der Waals surface area contributed by atoms with Gasteiger partial charge in [0, 0.05) is 19.3 Å². The summed E-state index contributed by atoms with van der Waals surface area (Å²) in [5.41, 5.74) is 0.571. The van der Waals surface area contributed by atoms with Gasteiger partial charge in [-0.15, -0.1) is 0 Å². The van der Waals surface area contributed by atoms with Crippen molar-refractivity contribution in [1.82, 2.24) is 9.88 Å². The molecule has 2 heterocycles. The minimum absolute atomic E-state index is 0.0466. The zero-order valence-electron chi connectivity index (χ0n) is 11.4. The summed E-state index contributed by atoms with van der Waals surface area (Å²) in [6, 6.07) is 3.35. The lowest BCUT2D eigenvalue weighted by Gasteiger charge is -2.35. The average Bonchev–Trinajstić information content (AvgIpc) is 2.38. The highest BCUT2D eigenvalue weighted by molar-refractivity contribution is 5.90. The van der Waals surface area contributed by atoms with Crippen LogP contribution in [0.1, 0.15) is 13.8 Å². The maximum atomic E-state index is 12.2. The summed E-state index contributed by atoms with van der Waals surface area (Å²) in [5.74, 6) is 0.408. The summed E-state index contributed by atoms with van der Waals surface area (Å²) in [6.45, 7) is 5.08. The van der Waals surface area contributed by atoms with Crippen molar-refractivity contribution in [3.05, 3.63) is 18.3 Å². The molecule has 2 amide bonds. The predicted octanol–water partition coefficient (Wildman–Crippen LogP) is 1.73. The number of nitrogens with zero attached hydrogens (tertiary/aromatic N) is 2. The maximum absolute atomic E-state index is 12.2.